The van der Waals surface area contributed by atoms with Gasteiger partial charge in [-0.15, -0.1) is 0 Å². The number of rotatable bonds is 9. The van der Waals surface area contributed by atoms with Gasteiger partial charge in [0.1, 0.15) is 0 Å². The molecule has 3 nitrogen and oxygen atoms in total. The first-order valence-corrected chi connectivity index (χ1v) is 8.52. The summed E-state index contributed by atoms with van der Waals surface area (Å²) >= 11 is 1.90. The molecule has 2 atom stereocenters. The largest absolute Gasteiger partial charge is 0.380 e. The number of thioether (sulfide) groups is 1. The molecular formula is C16H28N2OS. The standard InChI is InChI=1S/C16H28N2OS/c1-13(9-10-20-4)18(2)16(11-17)15-8-6-5-7-14(15)12-19-3/h5-8,13,16H,9-12,17H2,1-4H3. The van der Waals surface area contributed by atoms with Crippen LogP contribution in [-0.2, 0) is 11.3 Å². The second-order valence-corrected chi connectivity index (χ2v) is 6.16. The molecule has 0 spiro atoms. The Morgan fingerprint density at radius 3 is 2.65 bits per heavy atom. The van der Waals surface area contributed by atoms with Crippen LogP contribution in [0.4, 0.5) is 0 Å². The maximum Gasteiger partial charge on any atom is 0.0716 e. The van der Waals surface area contributed by atoms with Crippen LogP contribution in [0.2, 0.25) is 0 Å². The Bertz CT molecular complexity index is 386. The van der Waals surface area contributed by atoms with Crippen LogP contribution in [0.1, 0.15) is 30.5 Å². The molecule has 0 aliphatic carbocycles. The highest BCUT2D eigenvalue weighted by Crippen LogP contribution is 2.25. The summed E-state index contributed by atoms with van der Waals surface area (Å²) in [6, 6.07) is 9.20. The number of hydrogen-bond acceptors (Lipinski definition) is 4. The lowest BCUT2D eigenvalue weighted by molar-refractivity contribution is 0.169. The molecule has 1 aromatic rings. The van der Waals surface area contributed by atoms with Gasteiger partial charge in [-0.2, -0.15) is 11.8 Å². The minimum atomic E-state index is 0.248. The highest BCUT2D eigenvalue weighted by molar-refractivity contribution is 7.98. The van der Waals surface area contributed by atoms with Gasteiger partial charge in [-0.1, -0.05) is 24.3 Å². The first-order valence-electron chi connectivity index (χ1n) is 7.13. The molecule has 0 aliphatic rings. The summed E-state index contributed by atoms with van der Waals surface area (Å²) in [5.41, 5.74) is 8.57. The molecule has 114 valence electrons. The van der Waals surface area contributed by atoms with Gasteiger partial charge in [0.05, 0.1) is 6.61 Å². The summed E-state index contributed by atoms with van der Waals surface area (Å²) in [6.07, 6.45) is 3.33. The van der Waals surface area contributed by atoms with Gasteiger partial charge in [0.15, 0.2) is 0 Å². The Labute approximate surface area is 127 Å². The molecule has 4 heteroatoms. The first-order chi connectivity index (χ1) is 9.65. The van der Waals surface area contributed by atoms with E-state index in [2.05, 4.69) is 49.4 Å². The normalized spacial score (nSPS) is 14.5. The predicted octanol–water partition coefficient (Wildman–Crippen LogP) is 2.91. The minimum Gasteiger partial charge on any atom is -0.380 e. The van der Waals surface area contributed by atoms with Crippen molar-refractivity contribution in [1.82, 2.24) is 4.90 Å². The zero-order valence-electron chi connectivity index (χ0n) is 13.1. The van der Waals surface area contributed by atoms with Crippen LogP contribution in [0.5, 0.6) is 0 Å². The van der Waals surface area contributed by atoms with Crippen molar-refractivity contribution in [2.75, 3.05) is 32.7 Å². The highest BCUT2D eigenvalue weighted by Gasteiger charge is 2.22. The molecule has 2 unspecified atom stereocenters. The lowest BCUT2D eigenvalue weighted by Crippen LogP contribution is -2.37. The van der Waals surface area contributed by atoms with Crippen molar-refractivity contribution >= 4 is 11.8 Å². The number of nitrogens with two attached hydrogens (primary N) is 1. The van der Waals surface area contributed by atoms with E-state index in [1.807, 2.05) is 11.8 Å². The fourth-order valence-electron chi connectivity index (χ4n) is 2.46. The summed E-state index contributed by atoms with van der Waals surface area (Å²) in [5.74, 6) is 1.18. The van der Waals surface area contributed by atoms with E-state index >= 15 is 0 Å². The average Bonchev–Trinajstić information content (AvgIpc) is 2.47. The Balaban J connectivity index is 2.89. The molecule has 0 heterocycles. The van der Waals surface area contributed by atoms with Crippen LogP contribution in [0.3, 0.4) is 0 Å². The lowest BCUT2D eigenvalue weighted by atomic mass is 9.98. The Kier molecular flexibility index (Phi) is 8.22. The highest BCUT2D eigenvalue weighted by atomic mass is 32.2. The molecular weight excluding hydrogens is 268 g/mol. The molecule has 0 aromatic heterocycles. The van der Waals surface area contributed by atoms with Crippen molar-refractivity contribution in [1.29, 1.82) is 0 Å². The van der Waals surface area contributed by atoms with E-state index in [1.165, 1.54) is 23.3 Å². The van der Waals surface area contributed by atoms with Gasteiger partial charge in [-0.05, 0) is 43.5 Å². The van der Waals surface area contributed by atoms with Crippen molar-refractivity contribution in [3.63, 3.8) is 0 Å². The fraction of sp³-hybridized carbons (Fsp3) is 0.625. The number of hydrogen-bond donors (Lipinski definition) is 1. The van der Waals surface area contributed by atoms with Crippen LogP contribution in [0.15, 0.2) is 24.3 Å². The monoisotopic (exact) mass is 296 g/mol. The molecule has 2 N–H and O–H groups in total. The Morgan fingerprint density at radius 1 is 1.35 bits per heavy atom. The molecule has 0 aliphatic heterocycles. The van der Waals surface area contributed by atoms with Crippen molar-refractivity contribution in [3.8, 4) is 0 Å². The first kappa shape index (κ1) is 17.5. The van der Waals surface area contributed by atoms with Gasteiger partial charge in [-0.3, -0.25) is 4.90 Å². The molecule has 1 aromatic carbocycles. The second kappa shape index (κ2) is 9.40. The summed E-state index contributed by atoms with van der Waals surface area (Å²) < 4.78 is 5.31. The van der Waals surface area contributed by atoms with Gasteiger partial charge in [-0.25, -0.2) is 0 Å². The maximum absolute atomic E-state index is 6.05. The number of methoxy groups -OCH3 is 1. The van der Waals surface area contributed by atoms with E-state index in [0.29, 0.717) is 19.2 Å². The van der Waals surface area contributed by atoms with Gasteiger partial charge < -0.3 is 10.5 Å². The van der Waals surface area contributed by atoms with Gasteiger partial charge in [0, 0.05) is 25.7 Å². The molecule has 20 heavy (non-hydrogen) atoms. The third kappa shape index (κ3) is 4.77. The molecule has 0 saturated heterocycles. The molecule has 0 bridgehead atoms. The summed E-state index contributed by atoms with van der Waals surface area (Å²) in [7, 11) is 3.91. The molecule has 0 fully saturated rings. The van der Waals surface area contributed by atoms with Gasteiger partial charge >= 0.3 is 0 Å². The van der Waals surface area contributed by atoms with Gasteiger partial charge in [0.25, 0.3) is 0 Å². The smallest absolute Gasteiger partial charge is 0.0716 e. The minimum absolute atomic E-state index is 0.248. The summed E-state index contributed by atoms with van der Waals surface area (Å²) in [5, 5.41) is 0. The zero-order chi connectivity index (χ0) is 15.0. The molecule has 1 rings (SSSR count). The van der Waals surface area contributed by atoms with E-state index in [0.717, 1.165) is 0 Å². The average molecular weight is 296 g/mol. The Morgan fingerprint density at radius 2 is 2.05 bits per heavy atom. The summed E-state index contributed by atoms with van der Waals surface area (Å²) in [4.78, 5) is 2.39. The second-order valence-electron chi connectivity index (χ2n) is 5.18. The molecule has 0 amide bonds. The van der Waals surface area contributed by atoms with Crippen molar-refractivity contribution in [3.05, 3.63) is 35.4 Å². The third-order valence-corrected chi connectivity index (χ3v) is 4.51. The van der Waals surface area contributed by atoms with Crippen LogP contribution in [0, 0.1) is 0 Å². The third-order valence-electron chi connectivity index (χ3n) is 3.86. The molecule has 0 saturated carbocycles. The van der Waals surface area contributed by atoms with Crippen LogP contribution >= 0.6 is 11.8 Å². The fourth-order valence-corrected chi connectivity index (χ4v) is 3.03. The van der Waals surface area contributed by atoms with Crippen LogP contribution < -0.4 is 5.73 Å². The van der Waals surface area contributed by atoms with Crippen LogP contribution in [-0.4, -0.2) is 43.7 Å². The number of benzene rings is 1. The maximum atomic E-state index is 6.05. The van der Waals surface area contributed by atoms with Crippen molar-refractivity contribution in [2.45, 2.75) is 32.0 Å². The quantitative estimate of drug-likeness (QED) is 0.760. The van der Waals surface area contributed by atoms with E-state index in [-0.39, 0.29) is 6.04 Å². The van der Waals surface area contributed by atoms with E-state index in [4.69, 9.17) is 10.5 Å². The molecule has 0 radical (unpaired) electrons. The van der Waals surface area contributed by atoms with E-state index < -0.39 is 0 Å². The van der Waals surface area contributed by atoms with Crippen molar-refractivity contribution < 1.29 is 4.74 Å². The zero-order valence-corrected chi connectivity index (χ0v) is 14.0. The predicted molar refractivity (Wildman–Crippen MR) is 89.2 cm³/mol. The van der Waals surface area contributed by atoms with Crippen molar-refractivity contribution in [2.24, 2.45) is 5.73 Å². The topological polar surface area (TPSA) is 38.5 Å². The summed E-state index contributed by atoms with van der Waals surface area (Å²) in [6.45, 7) is 3.54. The number of nitrogens with zero attached hydrogens (tertiary/aromatic N) is 1. The number of ether oxygens (including phenoxy) is 1. The van der Waals surface area contributed by atoms with E-state index in [1.54, 1.807) is 7.11 Å². The van der Waals surface area contributed by atoms with Crippen LogP contribution in [0.25, 0.3) is 0 Å². The van der Waals surface area contributed by atoms with E-state index in [9.17, 15) is 0 Å². The van der Waals surface area contributed by atoms with Gasteiger partial charge in [0.2, 0.25) is 0 Å². The lowest BCUT2D eigenvalue weighted by Gasteiger charge is -2.34. The Hall–Kier alpha value is -0.550. The SMILES string of the molecule is COCc1ccccc1C(CN)N(C)C(C)CCSC. The number of likely N-dealkylation sites (N-methyl/N-ethyl adjacent to an activating group) is 1.